The van der Waals surface area contributed by atoms with E-state index in [1.54, 1.807) is 34.6 Å². The van der Waals surface area contributed by atoms with Gasteiger partial charge in [-0.3, -0.25) is 28.8 Å². The van der Waals surface area contributed by atoms with Crippen molar-refractivity contribution in [3.05, 3.63) is 240 Å². The Balaban J connectivity index is 0.000000741. The molecule has 694 valence electrons. The third-order valence-corrected chi connectivity index (χ3v) is 19.6. The normalized spacial score (nSPS) is 11.7. The van der Waals surface area contributed by atoms with Gasteiger partial charge in [-0.05, 0) is 156 Å². The lowest BCUT2D eigenvalue weighted by Crippen LogP contribution is -2.28. The molecule has 0 radical (unpaired) electrons. The molecule has 0 heterocycles. The summed E-state index contributed by atoms with van der Waals surface area (Å²) in [5.74, 6) is -9.84. The predicted octanol–water partition coefficient (Wildman–Crippen LogP) is 23.5. The number of aliphatic hydroxyl groups excluding tert-OH is 2. The maximum atomic E-state index is 13.9. The Morgan fingerprint density at radius 2 is 0.698 bits per heavy atom. The highest BCUT2D eigenvalue weighted by atomic mass is 79.9. The highest BCUT2D eigenvalue weighted by molar-refractivity contribution is 9.11. The van der Waals surface area contributed by atoms with Gasteiger partial charge in [0.25, 0.3) is 5.92 Å². The Hall–Kier alpha value is -8.34. The Morgan fingerprint density at radius 1 is 0.381 bits per heavy atom. The molecule has 0 aliphatic heterocycles. The van der Waals surface area contributed by atoms with Crippen LogP contribution in [0.4, 0.5) is 57.1 Å². The molecule has 0 aromatic heterocycles. The molecular formula is C88H95Br6F13O19. The molecule has 126 heavy (non-hydrogen) atoms. The molecule has 0 aliphatic rings. The van der Waals surface area contributed by atoms with Gasteiger partial charge in [-0.25, -0.2) is 57.1 Å². The molecule has 38 heteroatoms. The van der Waals surface area contributed by atoms with E-state index in [9.17, 15) is 95.7 Å². The summed E-state index contributed by atoms with van der Waals surface area (Å²) in [7, 11) is 0. The second-order valence-electron chi connectivity index (χ2n) is 25.8. The summed E-state index contributed by atoms with van der Waals surface area (Å²) in [6, 6.07) is 33.8. The second kappa shape index (κ2) is 62.8. The first-order chi connectivity index (χ1) is 59.5. The fourth-order valence-corrected chi connectivity index (χ4v) is 11.0. The van der Waals surface area contributed by atoms with Crippen LogP contribution in [0.1, 0.15) is 159 Å². The quantitative estimate of drug-likeness (QED) is 0.0160. The molecular weight excluding hydrogens is 2090 g/mol. The zero-order valence-electron chi connectivity index (χ0n) is 69.5. The number of rotatable bonds is 37. The number of hydrogen-bond donors (Lipinski definition) is 4. The van der Waals surface area contributed by atoms with Gasteiger partial charge in [0.05, 0.1) is 87.7 Å². The molecule has 8 aromatic carbocycles. The van der Waals surface area contributed by atoms with E-state index in [0.717, 1.165) is 60.5 Å². The number of phenols is 2. The summed E-state index contributed by atoms with van der Waals surface area (Å²) in [4.78, 5) is 78.0. The molecule has 0 spiro atoms. The number of esters is 2. The largest absolute Gasteiger partial charge is 0.508 e. The van der Waals surface area contributed by atoms with Gasteiger partial charge >= 0.3 is 11.9 Å². The summed E-state index contributed by atoms with van der Waals surface area (Å²) >= 11 is 17.7. The smallest absolute Gasteiger partial charge is 0.302 e. The Kier molecular flexibility index (Phi) is 57.6. The first kappa shape index (κ1) is 116. The fourth-order valence-electron chi connectivity index (χ4n) is 9.04. The SMILES string of the molecule is CCC(=O)c1cc(Br)c(F)cc1O.CCC(=O)c1cc(Br)c(F)cc1O[C@@H](CF)COC(C)=O.CCC(=O)c1cc(Br)c(F)cc1O[C@@H](CF)COCc1ccccc1.CCC(=O)c1cc(Br)c(F)cc1O[C@H](CO)CF.CCC(C)=O.CCC(F)(F)c1cc(Br)c(F)cc1O[C@@H](CF)COC(C)=O.O[C@H](CF)COCc1ccccc1.Oc1ccc(Br)c(F)c1. The zero-order chi connectivity index (χ0) is 95.5. The summed E-state index contributed by atoms with van der Waals surface area (Å²) in [6.45, 7) is 8.59. The van der Waals surface area contributed by atoms with Crippen molar-refractivity contribution in [1.29, 1.82) is 0 Å². The van der Waals surface area contributed by atoms with Gasteiger partial charge in [0.15, 0.2) is 41.4 Å². The van der Waals surface area contributed by atoms with Gasteiger partial charge in [-0.1, -0.05) is 102 Å². The van der Waals surface area contributed by atoms with Crippen molar-refractivity contribution >= 4 is 136 Å². The van der Waals surface area contributed by atoms with Gasteiger partial charge in [0.1, 0.15) is 134 Å². The average Bonchev–Trinajstić information content (AvgIpc) is 0.803. The molecule has 8 aromatic rings. The van der Waals surface area contributed by atoms with Crippen molar-refractivity contribution in [1.82, 2.24) is 0 Å². The number of alkyl halides is 7. The molecule has 0 saturated heterocycles. The van der Waals surface area contributed by atoms with E-state index < -0.39 is 148 Å². The highest BCUT2D eigenvalue weighted by Crippen LogP contribution is 2.41. The second-order valence-corrected chi connectivity index (χ2v) is 31.0. The number of phenolic OH excluding ortho intramolecular Hbond substituents is 2. The molecule has 0 fully saturated rings. The van der Waals surface area contributed by atoms with Crippen LogP contribution in [0.2, 0.25) is 0 Å². The first-order valence-electron chi connectivity index (χ1n) is 38.1. The van der Waals surface area contributed by atoms with Crippen molar-refractivity contribution < 1.29 is 149 Å². The molecule has 4 N–H and O–H groups in total. The standard InChI is InChI=1S/C19H19BrF2O3.C14H15BrF4O3.C14H15BrF2O4.C12H13BrF2O3.C10H13FO2.C9H8BrFO2.C6H4BrFO.C4H8O/c1-2-18(23)15-8-16(20)17(22)9-19(15)25-14(10-21)12-24-11-13-6-4-3-5-7-13;1-3-14(18,19)10-4-11(15)12(17)5-13(10)22-9(6-16)7-21-8(2)20;1-3-13(19)10-4-11(15)12(17)5-14(10)21-9(6-16)7-20-8(2)18;1-2-11(17)8-3-9(13)10(15)4-12(8)18-7(5-14)6-16;11-6-10(12)8-13-7-9-4-2-1-3-5-9;1-2-8(12)5-3-6(10)7(11)4-9(5)13;7-5-2-1-4(9)3-6(5)8;1-3-4(2)5/h3-9,14H,2,10-12H2,1H3;4-5,9H,3,6-7H2,1-2H3;4-5,9H,3,6-7H2,1-2H3;3-4,7,16H,2,5-6H2,1H3;1-5,10,12H,6-8H2;3-4,13H,2H2,1H3;1-3,9H;3H2,1-2H3/t14-;2*9-;7-;10-;;;/m00001.../s1. The number of hydrogen-bond acceptors (Lipinski definition) is 19. The number of aromatic hydroxyl groups is 2. The van der Waals surface area contributed by atoms with E-state index in [2.05, 4.69) is 105 Å². The summed E-state index contributed by atoms with van der Waals surface area (Å²) in [5.41, 5.74) is 2.09. The topological polar surface area (TPSA) is 274 Å². The molecule has 0 saturated carbocycles. The van der Waals surface area contributed by atoms with Crippen molar-refractivity contribution in [2.45, 2.75) is 150 Å². The van der Waals surface area contributed by atoms with Crippen LogP contribution in [0, 0.1) is 34.9 Å². The number of ketones is 5. The van der Waals surface area contributed by atoms with Crippen LogP contribution in [-0.2, 0) is 52.5 Å². The minimum atomic E-state index is -3.27. The van der Waals surface area contributed by atoms with Crippen LogP contribution < -0.4 is 18.9 Å². The van der Waals surface area contributed by atoms with Crippen LogP contribution in [-0.4, -0.2) is 158 Å². The lowest BCUT2D eigenvalue weighted by atomic mass is 10.0. The van der Waals surface area contributed by atoms with Crippen LogP contribution in [0.15, 0.2) is 166 Å². The van der Waals surface area contributed by atoms with E-state index in [1.165, 1.54) is 50.2 Å². The lowest BCUT2D eigenvalue weighted by molar-refractivity contribution is -0.144. The monoisotopic (exact) mass is 2180 g/mol. The van der Waals surface area contributed by atoms with Crippen molar-refractivity contribution in [2.24, 2.45) is 0 Å². The Morgan fingerprint density at radius 3 is 1.02 bits per heavy atom. The Bertz CT molecular complexity index is 4700. The molecule has 0 aliphatic carbocycles. The molecule has 8 rings (SSSR count). The number of ether oxygens (including phenoxy) is 8. The van der Waals surface area contributed by atoms with Gasteiger partial charge < -0.3 is 63.1 Å². The van der Waals surface area contributed by atoms with E-state index in [1.807, 2.05) is 67.6 Å². The van der Waals surface area contributed by atoms with Gasteiger partial charge in [-0.2, -0.15) is 0 Å². The molecule has 19 nitrogen and oxygen atoms in total. The van der Waals surface area contributed by atoms with Crippen LogP contribution >= 0.6 is 95.6 Å². The van der Waals surface area contributed by atoms with Crippen molar-refractivity contribution in [3.63, 3.8) is 0 Å². The number of halogens is 19. The number of aliphatic hydroxyl groups is 2. The third kappa shape index (κ3) is 44.1. The summed E-state index contributed by atoms with van der Waals surface area (Å²) < 4.78 is 212. The number of Topliss-reactive ketones (excluding diaryl/α,β-unsaturated/α-hetero) is 5. The van der Waals surface area contributed by atoms with Crippen LogP contribution in [0.3, 0.4) is 0 Å². The molecule has 0 bridgehead atoms. The summed E-state index contributed by atoms with van der Waals surface area (Å²) in [6.07, 6.45) is -4.36. The minimum Gasteiger partial charge on any atom is -0.508 e. The van der Waals surface area contributed by atoms with Crippen molar-refractivity contribution in [3.8, 4) is 34.5 Å². The van der Waals surface area contributed by atoms with Gasteiger partial charge in [-0.15, -0.1) is 0 Å². The van der Waals surface area contributed by atoms with Crippen LogP contribution in [0.5, 0.6) is 34.5 Å². The maximum absolute atomic E-state index is 13.9. The first-order valence-corrected chi connectivity index (χ1v) is 42.8. The van der Waals surface area contributed by atoms with E-state index in [-0.39, 0.29) is 148 Å². The van der Waals surface area contributed by atoms with E-state index >= 15 is 0 Å². The molecule has 0 unspecified atom stereocenters. The Labute approximate surface area is 771 Å². The highest BCUT2D eigenvalue weighted by Gasteiger charge is 2.35. The fraction of sp³-hybridized carbons (Fsp3) is 0.375. The molecule has 0 amide bonds. The third-order valence-electron chi connectivity index (χ3n) is 15.9. The zero-order valence-corrected chi connectivity index (χ0v) is 79.0. The minimum absolute atomic E-state index is 0.0111. The van der Waals surface area contributed by atoms with Crippen LogP contribution in [0.25, 0.3) is 0 Å². The van der Waals surface area contributed by atoms with Crippen molar-refractivity contribution in [2.75, 3.05) is 66.4 Å². The van der Waals surface area contributed by atoms with E-state index in [0.29, 0.717) is 24.1 Å². The summed E-state index contributed by atoms with van der Waals surface area (Å²) in [5, 5.41) is 35.6. The lowest BCUT2D eigenvalue weighted by Gasteiger charge is -2.22. The van der Waals surface area contributed by atoms with E-state index in [4.69, 9.17) is 43.7 Å². The molecule has 5 atom stereocenters. The average molecular weight is 2180 g/mol. The number of carbonyl (C=O) groups is 7. The van der Waals surface area contributed by atoms with Gasteiger partial charge in [0.2, 0.25) is 0 Å². The maximum Gasteiger partial charge on any atom is 0.302 e. The van der Waals surface area contributed by atoms with Gasteiger partial charge in [0, 0.05) is 88.8 Å². The predicted molar refractivity (Wildman–Crippen MR) is 468 cm³/mol. The number of carbonyl (C=O) groups excluding carboxylic acids is 7. The number of benzene rings is 8.